The van der Waals surface area contributed by atoms with E-state index in [-0.39, 0.29) is 17.0 Å². The fraction of sp³-hybridized carbons (Fsp3) is 0.677. The quantitative estimate of drug-likeness (QED) is 0.155. The number of allylic oxidation sites excluding steroid dienone is 5. The molecule has 4 saturated carbocycles. The van der Waals surface area contributed by atoms with E-state index in [0.29, 0.717) is 17.3 Å². The monoisotopic (exact) mass is 496 g/mol. The first-order chi connectivity index (χ1) is 16.8. The van der Waals surface area contributed by atoms with Crippen molar-refractivity contribution in [2.24, 2.45) is 22.7 Å². The summed E-state index contributed by atoms with van der Waals surface area (Å²) >= 11 is 1.36. The van der Waals surface area contributed by atoms with Crippen molar-refractivity contribution < 1.29 is 14.7 Å². The van der Waals surface area contributed by atoms with Gasteiger partial charge in [0.15, 0.2) is 5.78 Å². The van der Waals surface area contributed by atoms with Crippen LogP contribution in [-0.2, 0) is 9.59 Å². The van der Waals surface area contributed by atoms with Gasteiger partial charge in [0, 0.05) is 5.75 Å². The minimum atomic E-state index is -0.704. The molecule has 3 nitrogen and oxygen atoms in total. The Balaban J connectivity index is 1.35. The van der Waals surface area contributed by atoms with Crippen molar-refractivity contribution in [2.45, 2.75) is 103 Å². The van der Waals surface area contributed by atoms with Crippen LogP contribution in [0.4, 0.5) is 0 Å². The summed E-state index contributed by atoms with van der Waals surface area (Å²) in [6, 6.07) is 0. The van der Waals surface area contributed by atoms with Gasteiger partial charge in [-0.05, 0) is 106 Å². The Bertz CT molecular complexity index is 922. The molecule has 4 aliphatic carbocycles. The Morgan fingerprint density at radius 2 is 1.94 bits per heavy atom. The van der Waals surface area contributed by atoms with Crippen LogP contribution in [0.15, 0.2) is 47.6 Å². The van der Waals surface area contributed by atoms with Gasteiger partial charge in [-0.25, -0.2) is 0 Å². The summed E-state index contributed by atoms with van der Waals surface area (Å²) in [5.74, 6) is 2.09. The summed E-state index contributed by atoms with van der Waals surface area (Å²) in [5, 5.41) is 10.3. The van der Waals surface area contributed by atoms with Crippen molar-refractivity contribution in [1.29, 1.82) is 0 Å². The average molecular weight is 497 g/mol. The molecule has 4 atom stereocenters. The molecule has 35 heavy (non-hydrogen) atoms. The summed E-state index contributed by atoms with van der Waals surface area (Å²) < 4.78 is 0. The molecule has 0 heterocycles. The third-order valence-corrected chi connectivity index (χ3v) is 10.6. The summed E-state index contributed by atoms with van der Waals surface area (Å²) in [4.78, 5) is 25.5. The molecule has 4 aliphatic rings. The van der Waals surface area contributed by atoms with Crippen molar-refractivity contribution >= 4 is 22.7 Å². The molecule has 0 saturated heterocycles. The molecule has 4 unspecified atom stereocenters. The van der Waals surface area contributed by atoms with Gasteiger partial charge in [0.05, 0.1) is 6.10 Å². The molecule has 1 N–H and O–H groups in total. The second-order valence-corrected chi connectivity index (χ2v) is 12.8. The second kappa shape index (κ2) is 11.3. The lowest BCUT2D eigenvalue weighted by Gasteiger charge is -2.42. The third kappa shape index (κ3) is 5.80. The van der Waals surface area contributed by atoms with Gasteiger partial charge in [-0.15, -0.1) is 0 Å². The first kappa shape index (κ1) is 26.7. The highest BCUT2D eigenvalue weighted by atomic mass is 32.2. The van der Waals surface area contributed by atoms with Gasteiger partial charge in [-0.3, -0.25) is 9.59 Å². The lowest BCUT2D eigenvalue weighted by molar-refractivity contribution is -0.127. The van der Waals surface area contributed by atoms with E-state index in [1.807, 2.05) is 0 Å². The Morgan fingerprint density at radius 3 is 2.66 bits per heavy atom. The molecule has 0 bridgehead atoms. The fourth-order valence-electron chi connectivity index (χ4n) is 6.71. The van der Waals surface area contributed by atoms with Gasteiger partial charge >= 0.3 is 0 Å². The number of aliphatic hydroxyl groups is 1. The highest BCUT2D eigenvalue weighted by molar-refractivity contribution is 8.13. The SMILES string of the molecule is C=C1CC/C(=C/C=C2\CCCC3(C)C(C/C=C/C(=O)C4(C(=O)SCCCC)CC4)CCC23)CC1O. The summed E-state index contributed by atoms with van der Waals surface area (Å²) in [6.45, 7) is 8.57. The average Bonchev–Trinajstić information content (AvgIpc) is 3.58. The standard InChI is InChI=1S/C31H44O3S/c1-4-5-20-35-29(34)31(18-19-31)28(33)10-6-9-25-15-16-26-24(8-7-17-30(25,26)3)14-13-23-12-11-22(2)27(32)21-23/h6,10,13-14,25-27,32H,2,4-5,7-9,11-12,15-21H2,1,3H3/b10-6+,23-13-,24-14+. The van der Waals surface area contributed by atoms with Crippen LogP contribution in [0.1, 0.15) is 97.3 Å². The van der Waals surface area contributed by atoms with Gasteiger partial charge in [0.2, 0.25) is 5.12 Å². The Labute approximate surface area is 216 Å². The summed E-state index contributed by atoms with van der Waals surface area (Å²) in [5.41, 5.74) is 3.48. The molecule has 4 heteroatoms. The van der Waals surface area contributed by atoms with E-state index in [4.69, 9.17) is 0 Å². The fourth-order valence-corrected chi connectivity index (χ4v) is 7.91. The van der Waals surface area contributed by atoms with Gasteiger partial charge in [-0.1, -0.05) is 68.0 Å². The number of fused-ring (bicyclic) bond motifs is 1. The molecule has 0 aliphatic heterocycles. The van der Waals surface area contributed by atoms with Crippen LogP contribution in [0.2, 0.25) is 0 Å². The number of hydrogen-bond donors (Lipinski definition) is 1. The number of thioether (sulfide) groups is 1. The molecular weight excluding hydrogens is 452 g/mol. The van der Waals surface area contributed by atoms with Gasteiger partial charge in [0.1, 0.15) is 5.41 Å². The minimum absolute atomic E-state index is 0.0411. The van der Waals surface area contributed by atoms with E-state index < -0.39 is 5.41 Å². The highest BCUT2D eigenvalue weighted by Gasteiger charge is 2.55. The van der Waals surface area contributed by atoms with E-state index >= 15 is 0 Å². The highest BCUT2D eigenvalue weighted by Crippen LogP contribution is 2.58. The lowest BCUT2D eigenvalue weighted by atomic mass is 9.63. The number of carbonyl (C=O) groups is 2. The van der Waals surface area contributed by atoms with E-state index in [1.54, 1.807) is 11.6 Å². The number of ketones is 1. The normalized spacial score (nSPS) is 34.5. The Morgan fingerprint density at radius 1 is 1.14 bits per heavy atom. The zero-order valence-corrected chi connectivity index (χ0v) is 22.6. The summed E-state index contributed by atoms with van der Waals surface area (Å²) in [7, 11) is 0. The number of unbranched alkanes of at least 4 members (excludes halogenated alkanes) is 1. The van der Waals surface area contributed by atoms with Gasteiger partial charge < -0.3 is 5.11 Å². The molecule has 4 rings (SSSR count). The first-order valence-electron chi connectivity index (χ1n) is 13.9. The minimum Gasteiger partial charge on any atom is -0.388 e. The van der Waals surface area contributed by atoms with Crippen molar-refractivity contribution in [3.8, 4) is 0 Å². The molecule has 192 valence electrons. The van der Waals surface area contributed by atoms with Crippen LogP contribution >= 0.6 is 11.8 Å². The van der Waals surface area contributed by atoms with Crippen LogP contribution in [0.25, 0.3) is 0 Å². The predicted molar refractivity (Wildman–Crippen MR) is 146 cm³/mol. The van der Waals surface area contributed by atoms with Crippen molar-refractivity contribution in [1.82, 2.24) is 0 Å². The Kier molecular flexibility index (Phi) is 8.64. The molecule has 0 spiro atoms. The van der Waals surface area contributed by atoms with Gasteiger partial charge in [0.25, 0.3) is 0 Å². The third-order valence-electron chi connectivity index (χ3n) is 9.42. The van der Waals surface area contributed by atoms with E-state index in [0.717, 1.165) is 62.7 Å². The van der Waals surface area contributed by atoms with E-state index in [9.17, 15) is 14.7 Å². The molecular formula is C31H44O3S. The van der Waals surface area contributed by atoms with E-state index in [1.165, 1.54) is 49.4 Å². The van der Waals surface area contributed by atoms with Crippen LogP contribution in [0.3, 0.4) is 0 Å². The number of hydrogen-bond acceptors (Lipinski definition) is 4. The van der Waals surface area contributed by atoms with Crippen LogP contribution < -0.4 is 0 Å². The molecule has 0 aromatic heterocycles. The van der Waals surface area contributed by atoms with Crippen molar-refractivity contribution in [3.05, 3.63) is 47.6 Å². The van der Waals surface area contributed by atoms with Crippen LogP contribution in [0.5, 0.6) is 0 Å². The van der Waals surface area contributed by atoms with Crippen LogP contribution in [0, 0.1) is 22.7 Å². The maximum atomic E-state index is 12.9. The molecule has 0 aromatic rings. The molecule has 0 aromatic carbocycles. The molecule has 0 radical (unpaired) electrons. The second-order valence-electron chi connectivity index (χ2n) is 11.7. The maximum Gasteiger partial charge on any atom is 0.202 e. The molecule has 0 amide bonds. The largest absolute Gasteiger partial charge is 0.388 e. The number of rotatable bonds is 9. The summed E-state index contributed by atoms with van der Waals surface area (Å²) in [6.07, 6.45) is 21.4. The van der Waals surface area contributed by atoms with E-state index in [2.05, 4.69) is 38.7 Å². The zero-order chi connectivity index (χ0) is 25.1. The first-order valence-corrected chi connectivity index (χ1v) is 14.9. The lowest BCUT2D eigenvalue weighted by Crippen LogP contribution is -2.33. The smallest absolute Gasteiger partial charge is 0.202 e. The van der Waals surface area contributed by atoms with Crippen LogP contribution in [-0.4, -0.2) is 27.9 Å². The topological polar surface area (TPSA) is 54.4 Å². The predicted octanol–water partition coefficient (Wildman–Crippen LogP) is 7.51. The van der Waals surface area contributed by atoms with Gasteiger partial charge in [-0.2, -0.15) is 0 Å². The zero-order valence-electron chi connectivity index (χ0n) is 21.8. The van der Waals surface area contributed by atoms with Crippen molar-refractivity contribution in [2.75, 3.05) is 5.75 Å². The Hall–Kier alpha value is -1.39. The number of carbonyl (C=O) groups excluding carboxylic acids is 2. The molecule has 4 fully saturated rings. The maximum absolute atomic E-state index is 12.9. The van der Waals surface area contributed by atoms with Crippen molar-refractivity contribution in [3.63, 3.8) is 0 Å². The number of aliphatic hydroxyl groups excluding tert-OH is 1.